The van der Waals surface area contributed by atoms with Crippen molar-refractivity contribution >= 4 is 33.5 Å². The molecule has 0 bridgehead atoms. The van der Waals surface area contributed by atoms with Gasteiger partial charge in [-0.1, -0.05) is 42.5 Å². The molecular formula is C23H25N4O2S+. The maximum Gasteiger partial charge on any atom is 0.329 e. The largest absolute Gasteiger partial charge is 0.329 e. The molecule has 3 aromatic rings. The number of amides is 3. The molecule has 3 atom stereocenters. The number of quaternary nitrogens is 1. The van der Waals surface area contributed by atoms with Gasteiger partial charge in [0, 0.05) is 12.8 Å². The third-order valence-electron chi connectivity index (χ3n) is 6.09. The van der Waals surface area contributed by atoms with E-state index >= 15 is 0 Å². The summed E-state index contributed by atoms with van der Waals surface area (Å²) < 4.78 is 1.19. The van der Waals surface area contributed by atoms with Crippen LogP contribution in [-0.2, 0) is 11.2 Å². The lowest BCUT2D eigenvalue weighted by Gasteiger charge is -2.33. The van der Waals surface area contributed by atoms with Crippen LogP contribution in [0.25, 0.3) is 10.2 Å². The maximum atomic E-state index is 13.0. The molecule has 1 unspecified atom stereocenters. The number of aromatic nitrogens is 1. The van der Waals surface area contributed by atoms with E-state index in [0.717, 1.165) is 41.9 Å². The van der Waals surface area contributed by atoms with Gasteiger partial charge in [0.25, 0.3) is 5.91 Å². The van der Waals surface area contributed by atoms with Gasteiger partial charge in [-0.05, 0) is 30.5 Å². The minimum absolute atomic E-state index is 0.120. The highest BCUT2D eigenvalue weighted by molar-refractivity contribution is 7.18. The first-order valence-electron chi connectivity index (χ1n) is 10.5. The highest BCUT2D eigenvalue weighted by Crippen LogP contribution is 2.28. The molecule has 0 saturated carbocycles. The van der Waals surface area contributed by atoms with Crippen molar-refractivity contribution in [2.45, 2.75) is 37.8 Å². The van der Waals surface area contributed by atoms with E-state index in [1.807, 2.05) is 48.5 Å². The molecule has 5 rings (SSSR count). The summed E-state index contributed by atoms with van der Waals surface area (Å²) in [4.78, 5) is 33.1. The fourth-order valence-corrected chi connectivity index (χ4v) is 5.68. The molecule has 0 spiro atoms. The molecule has 154 valence electrons. The number of likely N-dealkylation sites (tertiary alicyclic amines) is 1. The first-order valence-corrected chi connectivity index (χ1v) is 11.4. The Morgan fingerprint density at radius 3 is 2.70 bits per heavy atom. The number of benzene rings is 2. The van der Waals surface area contributed by atoms with E-state index < -0.39 is 6.04 Å². The number of piperidine rings is 1. The Bertz CT molecular complexity index is 1030. The molecule has 0 aliphatic carbocycles. The van der Waals surface area contributed by atoms with Crippen molar-refractivity contribution in [3.8, 4) is 0 Å². The molecule has 2 N–H and O–H groups in total. The average Bonchev–Trinajstić information content (AvgIpc) is 3.31. The molecule has 2 saturated heterocycles. The molecule has 3 amide bonds. The monoisotopic (exact) mass is 421 g/mol. The molecule has 7 heteroatoms. The number of rotatable bonds is 5. The summed E-state index contributed by atoms with van der Waals surface area (Å²) in [6.07, 6.45) is 3.82. The highest BCUT2D eigenvalue weighted by atomic mass is 32.1. The molecule has 2 aromatic carbocycles. The fourth-order valence-electron chi connectivity index (χ4n) is 4.52. The summed E-state index contributed by atoms with van der Waals surface area (Å²) >= 11 is 1.73. The Kier molecular flexibility index (Phi) is 5.23. The van der Waals surface area contributed by atoms with Gasteiger partial charge >= 0.3 is 6.03 Å². The van der Waals surface area contributed by atoms with E-state index in [9.17, 15) is 9.59 Å². The molecule has 3 heterocycles. The Hall–Kier alpha value is -2.77. The first kappa shape index (κ1) is 19.2. The van der Waals surface area contributed by atoms with Gasteiger partial charge < -0.3 is 10.2 Å². The Morgan fingerprint density at radius 2 is 1.87 bits per heavy atom. The fraction of sp³-hybridized carbons (Fsp3) is 0.348. The van der Waals surface area contributed by atoms with Crippen molar-refractivity contribution in [1.29, 1.82) is 0 Å². The van der Waals surface area contributed by atoms with Crippen molar-refractivity contribution in [3.63, 3.8) is 0 Å². The minimum Gasteiger partial charge on any atom is -0.325 e. The van der Waals surface area contributed by atoms with Crippen molar-refractivity contribution in [2.75, 3.05) is 13.2 Å². The smallest absolute Gasteiger partial charge is 0.325 e. The van der Waals surface area contributed by atoms with Crippen LogP contribution in [0.2, 0.25) is 0 Å². The lowest BCUT2D eigenvalue weighted by molar-refractivity contribution is -0.943. The lowest BCUT2D eigenvalue weighted by Crippen LogP contribution is -3.14. The number of hydrogen-bond acceptors (Lipinski definition) is 4. The molecular weight excluding hydrogens is 396 g/mol. The third kappa shape index (κ3) is 3.70. The summed E-state index contributed by atoms with van der Waals surface area (Å²) in [6, 6.07) is 17.5. The van der Waals surface area contributed by atoms with Gasteiger partial charge in [0.2, 0.25) is 0 Å². The van der Waals surface area contributed by atoms with Crippen LogP contribution in [0.5, 0.6) is 0 Å². The minimum atomic E-state index is -0.481. The van der Waals surface area contributed by atoms with Crippen LogP contribution in [0.4, 0.5) is 4.79 Å². The molecule has 0 radical (unpaired) electrons. The van der Waals surface area contributed by atoms with E-state index in [2.05, 4.69) is 11.4 Å². The standard InChI is InChI=1S/C23H24N4O2S/c28-22-18(14-16-8-2-1-3-9-16)25-23(29)27(22)15-26-13-7-6-11-19(26)21-24-17-10-4-5-12-20(17)30-21/h1-5,8-10,12,18-19H,6-7,11,13-15H2,(H,25,29)/p+1/t18-,19-/m1/s1. The van der Waals surface area contributed by atoms with Gasteiger partial charge in [-0.25, -0.2) is 14.7 Å². The normalized spacial score (nSPS) is 24.4. The highest BCUT2D eigenvalue weighted by Gasteiger charge is 2.42. The van der Waals surface area contributed by atoms with Crippen molar-refractivity contribution in [1.82, 2.24) is 15.2 Å². The van der Waals surface area contributed by atoms with Gasteiger partial charge in [0.05, 0.1) is 16.8 Å². The van der Waals surface area contributed by atoms with E-state index in [-0.39, 0.29) is 18.0 Å². The van der Waals surface area contributed by atoms with Crippen LogP contribution in [0.1, 0.15) is 35.9 Å². The average molecular weight is 422 g/mol. The van der Waals surface area contributed by atoms with Gasteiger partial charge in [0.15, 0.2) is 11.7 Å². The molecule has 30 heavy (non-hydrogen) atoms. The molecule has 2 aliphatic heterocycles. The number of fused-ring (bicyclic) bond motifs is 1. The zero-order chi connectivity index (χ0) is 20.5. The van der Waals surface area contributed by atoms with E-state index in [1.54, 1.807) is 11.3 Å². The number of nitrogens with one attached hydrogen (secondary N) is 2. The molecule has 2 aliphatic rings. The Balaban J connectivity index is 1.33. The summed E-state index contributed by atoms with van der Waals surface area (Å²) in [5, 5.41) is 3.99. The summed E-state index contributed by atoms with van der Waals surface area (Å²) in [7, 11) is 0. The molecule has 2 fully saturated rings. The van der Waals surface area contributed by atoms with Gasteiger partial charge in [-0.2, -0.15) is 0 Å². The number of thiazole rings is 1. The van der Waals surface area contributed by atoms with Gasteiger partial charge in [-0.3, -0.25) is 4.79 Å². The second-order valence-corrected chi connectivity index (χ2v) is 9.15. The number of carbonyl (C=O) groups is 2. The van der Waals surface area contributed by atoms with Crippen LogP contribution >= 0.6 is 11.3 Å². The van der Waals surface area contributed by atoms with E-state index in [4.69, 9.17) is 4.98 Å². The van der Waals surface area contributed by atoms with Crippen LogP contribution in [0.15, 0.2) is 54.6 Å². The number of para-hydroxylation sites is 1. The Morgan fingerprint density at radius 1 is 1.07 bits per heavy atom. The van der Waals surface area contributed by atoms with Crippen LogP contribution < -0.4 is 10.2 Å². The number of imide groups is 1. The van der Waals surface area contributed by atoms with Gasteiger partial charge in [0.1, 0.15) is 12.1 Å². The second kappa shape index (κ2) is 8.16. The summed E-state index contributed by atoms with van der Waals surface area (Å²) in [5.41, 5.74) is 2.08. The Labute approximate surface area is 179 Å². The molecule has 6 nitrogen and oxygen atoms in total. The zero-order valence-electron chi connectivity index (χ0n) is 16.7. The third-order valence-corrected chi connectivity index (χ3v) is 7.24. The van der Waals surface area contributed by atoms with Crippen molar-refractivity contribution in [2.24, 2.45) is 0 Å². The SMILES string of the molecule is O=C1N[C@H](Cc2ccccc2)C(=O)N1C[NH+]1CCCC[C@@H]1c1nc2ccccc2s1. The van der Waals surface area contributed by atoms with Crippen LogP contribution in [0.3, 0.4) is 0 Å². The first-order chi connectivity index (χ1) is 14.7. The zero-order valence-corrected chi connectivity index (χ0v) is 17.5. The number of nitrogens with zero attached hydrogens (tertiary/aromatic N) is 2. The van der Waals surface area contributed by atoms with Crippen molar-refractivity contribution < 1.29 is 14.5 Å². The number of carbonyl (C=O) groups excluding carboxylic acids is 2. The summed E-state index contributed by atoms with van der Waals surface area (Å²) in [5.74, 6) is -0.120. The predicted molar refractivity (Wildman–Crippen MR) is 116 cm³/mol. The predicted octanol–water partition coefficient (Wildman–Crippen LogP) is 2.53. The van der Waals surface area contributed by atoms with Crippen LogP contribution in [-0.4, -0.2) is 41.1 Å². The number of hydrogen-bond donors (Lipinski definition) is 2. The van der Waals surface area contributed by atoms with Crippen molar-refractivity contribution in [3.05, 3.63) is 65.2 Å². The summed E-state index contributed by atoms with van der Waals surface area (Å²) in [6.45, 7) is 1.34. The van der Waals surface area contributed by atoms with Crippen LogP contribution in [0, 0.1) is 0 Å². The van der Waals surface area contributed by atoms with E-state index in [0.29, 0.717) is 13.1 Å². The topological polar surface area (TPSA) is 66.7 Å². The molecule has 1 aromatic heterocycles. The number of urea groups is 1. The maximum absolute atomic E-state index is 13.0. The van der Waals surface area contributed by atoms with E-state index in [1.165, 1.54) is 14.5 Å². The quantitative estimate of drug-likeness (QED) is 0.622. The lowest BCUT2D eigenvalue weighted by atomic mass is 10.0. The second-order valence-electron chi connectivity index (χ2n) is 8.09. The van der Waals surface area contributed by atoms with Gasteiger partial charge in [-0.15, -0.1) is 11.3 Å².